The number of rotatable bonds is 3. The van der Waals surface area contributed by atoms with Crippen LogP contribution >= 0.6 is 0 Å². The summed E-state index contributed by atoms with van der Waals surface area (Å²) in [5.41, 5.74) is 4.47. The Balaban J connectivity index is 1.65. The number of carbonyl (C=O) groups excluding carboxylic acids is 3. The molecule has 1 heterocycles. The molecule has 0 bridgehead atoms. The Kier molecular flexibility index (Phi) is 6.21. The maximum Gasteiger partial charge on any atom is 0.257 e. The minimum Gasteiger partial charge on any atom is -0.512 e. The van der Waals surface area contributed by atoms with E-state index in [1.54, 1.807) is 11.0 Å². The SMILES string of the molecule is CN(C)c1cc(C(=O)N2CCCCC2)c(O)c2c1CC1CC3CC(O)=C(C(N)=O)C(C)(O)C3C(=O)C1=C2O. The van der Waals surface area contributed by atoms with Crippen molar-refractivity contribution >= 4 is 29.0 Å². The first-order valence-corrected chi connectivity index (χ1v) is 13.1. The van der Waals surface area contributed by atoms with Crippen LogP contribution in [0.5, 0.6) is 5.75 Å². The summed E-state index contributed by atoms with van der Waals surface area (Å²) in [6.45, 7) is 2.45. The Bertz CT molecular complexity index is 1300. The van der Waals surface area contributed by atoms with Gasteiger partial charge in [0, 0.05) is 44.9 Å². The summed E-state index contributed by atoms with van der Waals surface area (Å²) < 4.78 is 0. The molecule has 0 spiro atoms. The van der Waals surface area contributed by atoms with Crippen molar-refractivity contribution in [2.75, 3.05) is 32.1 Å². The smallest absolute Gasteiger partial charge is 0.257 e. The average Bonchev–Trinajstić information content (AvgIpc) is 2.82. The second-order valence-corrected chi connectivity index (χ2v) is 11.4. The van der Waals surface area contributed by atoms with E-state index in [1.807, 2.05) is 19.0 Å². The predicted molar refractivity (Wildman–Crippen MR) is 140 cm³/mol. The Morgan fingerprint density at radius 3 is 2.37 bits per heavy atom. The number of hydrogen-bond acceptors (Lipinski definition) is 8. The molecule has 4 atom stereocenters. The first-order valence-electron chi connectivity index (χ1n) is 13.1. The van der Waals surface area contributed by atoms with Crippen LogP contribution in [0.4, 0.5) is 5.69 Å². The highest BCUT2D eigenvalue weighted by Crippen LogP contribution is 2.54. The quantitative estimate of drug-likeness (QED) is 0.401. The first-order chi connectivity index (χ1) is 17.9. The number of hydrogen-bond donors (Lipinski definition) is 5. The first kappa shape index (κ1) is 26.1. The van der Waals surface area contributed by atoms with Crippen LogP contribution in [0.2, 0.25) is 0 Å². The van der Waals surface area contributed by atoms with Gasteiger partial charge in [-0.3, -0.25) is 14.4 Å². The van der Waals surface area contributed by atoms with E-state index in [9.17, 15) is 34.8 Å². The van der Waals surface area contributed by atoms with Gasteiger partial charge >= 0.3 is 0 Å². The summed E-state index contributed by atoms with van der Waals surface area (Å²) >= 11 is 0. The van der Waals surface area contributed by atoms with E-state index in [-0.39, 0.29) is 40.5 Å². The standard InChI is InChI=1S/C28H35N3O7/c1-28(38)21-14(11-18(32)22(28)26(29)36)9-13-10-15-17(30(2)3)12-16(27(37)31-7-5-4-6-8-31)23(33)20(15)24(34)19(13)25(21)35/h12-14,21,32-34,38H,4-11H2,1-3H3,(H2,29,36). The lowest BCUT2D eigenvalue weighted by atomic mass is 9.57. The number of aromatic hydroxyl groups is 1. The Labute approximate surface area is 221 Å². The maximum absolute atomic E-state index is 13.9. The number of benzene rings is 1. The molecule has 1 aromatic rings. The molecule has 1 saturated heterocycles. The molecule has 0 aromatic heterocycles. The molecule has 2 fully saturated rings. The molecule has 10 nitrogen and oxygen atoms in total. The molecular weight excluding hydrogens is 490 g/mol. The normalized spacial score (nSPS) is 29.0. The number of fused-ring (bicyclic) bond motifs is 3. The summed E-state index contributed by atoms with van der Waals surface area (Å²) in [5.74, 6) is -5.01. The number of aliphatic hydroxyl groups is 3. The van der Waals surface area contributed by atoms with Crippen molar-refractivity contribution in [1.82, 2.24) is 4.90 Å². The largest absolute Gasteiger partial charge is 0.512 e. The molecule has 3 aliphatic carbocycles. The third-order valence-corrected chi connectivity index (χ3v) is 8.80. The minimum absolute atomic E-state index is 0.0112. The molecule has 4 unspecified atom stereocenters. The van der Waals surface area contributed by atoms with Crippen molar-refractivity contribution in [3.8, 4) is 5.75 Å². The van der Waals surface area contributed by atoms with Crippen molar-refractivity contribution in [1.29, 1.82) is 0 Å². The molecule has 38 heavy (non-hydrogen) atoms. The Hall–Kier alpha value is -3.53. The van der Waals surface area contributed by atoms with E-state index < -0.39 is 46.4 Å². The predicted octanol–water partition coefficient (Wildman–Crippen LogP) is 2.18. The van der Waals surface area contributed by atoms with Crippen LogP contribution in [0.1, 0.15) is 60.5 Å². The second-order valence-electron chi connectivity index (χ2n) is 11.4. The fraction of sp³-hybridized carbons (Fsp3) is 0.536. The van der Waals surface area contributed by atoms with Crippen molar-refractivity contribution in [3.05, 3.63) is 39.7 Å². The van der Waals surface area contributed by atoms with Crippen LogP contribution in [-0.2, 0) is 16.0 Å². The number of anilines is 1. The zero-order chi connectivity index (χ0) is 27.7. The second kappa shape index (κ2) is 9.04. The van der Waals surface area contributed by atoms with E-state index in [2.05, 4.69) is 0 Å². The summed E-state index contributed by atoms with van der Waals surface area (Å²) in [7, 11) is 3.62. The van der Waals surface area contributed by atoms with Gasteiger partial charge in [0.15, 0.2) is 5.78 Å². The number of nitrogens with two attached hydrogens (primary N) is 1. The third kappa shape index (κ3) is 3.76. The number of primary amides is 1. The molecule has 1 saturated carbocycles. The zero-order valence-corrected chi connectivity index (χ0v) is 22.0. The number of aliphatic hydroxyl groups excluding tert-OH is 2. The van der Waals surface area contributed by atoms with Crippen LogP contribution in [0.25, 0.3) is 5.76 Å². The van der Waals surface area contributed by atoms with Crippen molar-refractivity contribution in [2.45, 2.75) is 51.0 Å². The molecule has 204 valence electrons. The van der Waals surface area contributed by atoms with Gasteiger partial charge in [-0.05, 0) is 62.5 Å². The van der Waals surface area contributed by atoms with Gasteiger partial charge in [-0.2, -0.15) is 0 Å². The number of nitrogens with zero attached hydrogens (tertiary/aromatic N) is 2. The summed E-state index contributed by atoms with van der Waals surface area (Å²) in [4.78, 5) is 42.9. The lowest BCUT2D eigenvalue weighted by Gasteiger charge is -2.48. The highest BCUT2D eigenvalue weighted by atomic mass is 16.3. The Morgan fingerprint density at radius 2 is 1.76 bits per heavy atom. The van der Waals surface area contributed by atoms with E-state index >= 15 is 0 Å². The van der Waals surface area contributed by atoms with Gasteiger partial charge in [-0.1, -0.05) is 0 Å². The van der Waals surface area contributed by atoms with E-state index in [1.165, 1.54) is 6.92 Å². The molecule has 6 N–H and O–H groups in total. The summed E-state index contributed by atoms with van der Waals surface area (Å²) in [6, 6.07) is 1.65. The number of allylic oxidation sites excluding steroid dienone is 2. The van der Waals surface area contributed by atoms with Gasteiger partial charge in [0.1, 0.15) is 22.9 Å². The molecule has 10 heteroatoms. The average molecular weight is 526 g/mol. The number of piperidine rings is 1. The number of carbonyl (C=O) groups is 3. The summed E-state index contributed by atoms with van der Waals surface area (Å²) in [5, 5.41) is 44.7. The molecular formula is C28H35N3O7. The zero-order valence-electron chi connectivity index (χ0n) is 22.0. The fourth-order valence-corrected chi connectivity index (χ4v) is 7.17. The van der Waals surface area contributed by atoms with Crippen LogP contribution < -0.4 is 10.6 Å². The molecule has 5 rings (SSSR count). The van der Waals surface area contributed by atoms with Gasteiger partial charge in [0.25, 0.3) is 11.8 Å². The van der Waals surface area contributed by atoms with Gasteiger partial charge in [-0.25, -0.2) is 0 Å². The van der Waals surface area contributed by atoms with Crippen LogP contribution in [-0.4, -0.2) is 75.7 Å². The fourth-order valence-electron chi connectivity index (χ4n) is 7.17. The highest BCUT2D eigenvalue weighted by Gasteiger charge is 2.57. The monoisotopic (exact) mass is 525 g/mol. The van der Waals surface area contributed by atoms with Gasteiger partial charge in [0.2, 0.25) is 0 Å². The summed E-state index contributed by atoms with van der Waals surface area (Å²) in [6.07, 6.45) is 3.49. The molecule has 1 aromatic carbocycles. The van der Waals surface area contributed by atoms with Gasteiger partial charge in [-0.15, -0.1) is 0 Å². The number of ketones is 1. The van der Waals surface area contributed by atoms with Crippen LogP contribution in [0.15, 0.2) is 23.0 Å². The van der Waals surface area contributed by atoms with Crippen molar-refractivity contribution in [3.63, 3.8) is 0 Å². The molecule has 2 amide bonds. The van der Waals surface area contributed by atoms with E-state index in [0.717, 1.165) is 19.3 Å². The van der Waals surface area contributed by atoms with Gasteiger partial charge in [0.05, 0.1) is 22.6 Å². The van der Waals surface area contributed by atoms with E-state index in [0.29, 0.717) is 37.2 Å². The van der Waals surface area contributed by atoms with E-state index in [4.69, 9.17) is 5.73 Å². The van der Waals surface area contributed by atoms with Gasteiger partial charge < -0.3 is 36.0 Å². The lowest BCUT2D eigenvalue weighted by molar-refractivity contribution is -0.136. The van der Waals surface area contributed by atoms with Crippen LogP contribution in [0, 0.1) is 17.8 Å². The van der Waals surface area contributed by atoms with Crippen molar-refractivity contribution in [2.24, 2.45) is 23.5 Å². The third-order valence-electron chi connectivity index (χ3n) is 8.80. The topological polar surface area (TPSA) is 165 Å². The number of phenolic OH excluding ortho intramolecular Hbond substituents is 1. The lowest BCUT2D eigenvalue weighted by Crippen LogP contribution is -2.55. The van der Waals surface area contributed by atoms with Crippen molar-refractivity contribution < 1.29 is 34.8 Å². The molecule has 4 aliphatic rings. The number of likely N-dealkylation sites (tertiary alicyclic amines) is 1. The number of amides is 2. The number of phenols is 1. The maximum atomic E-state index is 13.9. The molecule has 1 aliphatic heterocycles. The Morgan fingerprint density at radius 1 is 1.11 bits per heavy atom. The number of Topliss-reactive ketones (excluding diaryl/α,β-unsaturated/α-hetero) is 1. The minimum atomic E-state index is -2.03. The molecule has 0 radical (unpaired) electrons. The van der Waals surface area contributed by atoms with Crippen LogP contribution in [0.3, 0.4) is 0 Å². The highest BCUT2D eigenvalue weighted by molar-refractivity contribution is 6.09.